The lowest BCUT2D eigenvalue weighted by Crippen LogP contribution is -2.48. The Labute approximate surface area is 118 Å². The van der Waals surface area contributed by atoms with E-state index in [0.717, 1.165) is 6.42 Å². The number of hydrogen-bond donors (Lipinski definition) is 1. The zero-order valence-corrected chi connectivity index (χ0v) is 12.0. The molecule has 1 amide bonds. The molecule has 110 valence electrons. The number of rotatable bonds is 4. The van der Waals surface area contributed by atoms with Crippen LogP contribution in [-0.2, 0) is 4.79 Å². The van der Waals surface area contributed by atoms with Crippen LogP contribution < -0.4 is 15.4 Å². The van der Waals surface area contributed by atoms with Crippen molar-refractivity contribution in [2.24, 2.45) is 0 Å². The minimum Gasteiger partial charge on any atom is -0.476 e. The number of nitrogens with two attached hydrogens (primary N) is 1. The van der Waals surface area contributed by atoms with E-state index in [0.29, 0.717) is 50.2 Å². The molecule has 1 fully saturated rings. The highest BCUT2D eigenvalue weighted by Gasteiger charge is 2.22. The van der Waals surface area contributed by atoms with Gasteiger partial charge in [0.15, 0.2) is 5.82 Å². The molecule has 2 N–H and O–H groups in total. The van der Waals surface area contributed by atoms with Gasteiger partial charge in [0.1, 0.15) is 12.0 Å². The molecular weight excluding hydrogens is 258 g/mol. The van der Waals surface area contributed by atoms with E-state index in [-0.39, 0.29) is 5.91 Å². The molecule has 0 saturated carbocycles. The summed E-state index contributed by atoms with van der Waals surface area (Å²) in [5, 5.41) is 0. The molecule has 0 atom stereocenters. The first kappa shape index (κ1) is 14.4. The van der Waals surface area contributed by atoms with Crippen molar-refractivity contribution >= 4 is 17.4 Å². The Balaban J connectivity index is 2.08. The van der Waals surface area contributed by atoms with Crippen molar-refractivity contribution in [2.75, 3.05) is 43.4 Å². The highest BCUT2D eigenvalue weighted by molar-refractivity contribution is 5.74. The first-order valence-corrected chi connectivity index (χ1v) is 6.87. The molecule has 7 nitrogen and oxygen atoms in total. The Hall–Kier alpha value is -2.05. The summed E-state index contributed by atoms with van der Waals surface area (Å²) in [5.41, 5.74) is 6.55. The predicted molar refractivity (Wildman–Crippen MR) is 76.7 cm³/mol. The fraction of sp³-hybridized carbons (Fsp3) is 0.615. The van der Waals surface area contributed by atoms with Gasteiger partial charge >= 0.3 is 0 Å². The van der Waals surface area contributed by atoms with Gasteiger partial charge < -0.3 is 20.3 Å². The third-order valence-corrected chi connectivity index (χ3v) is 3.29. The van der Waals surface area contributed by atoms with E-state index >= 15 is 0 Å². The maximum absolute atomic E-state index is 11.3. The highest BCUT2D eigenvalue weighted by atomic mass is 16.5. The van der Waals surface area contributed by atoms with Gasteiger partial charge in [-0.3, -0.25) is 4.79 Å². The summed E-state index contributed by atoms with van der Waals surface area (Å²) in [6.45, 7) is 7.00. The Morgan fingerprint density at radius 1 is 1.35 bits per heavy atom. The molecule has 1 aliphatic heterocycles. The van der Waals surface area contributed by atoms with Gasteiger partial charge in [0.2, 0.25) is 11.8 Å². The summed E-state index contributed by atoms with van der Waals surface area (Å²) in [4.78, 5) is 23.5. The van der Waals surface area contributed by atoms with Crippen LogP contribution in [0.1, 0.15) is 20.3 Å². The SMILES string of the molecule is CCCOc1ncnc(N2CCN(C(C)=O)CC2)c1N. The van der Waals surface area contributed by atoms with Gasteiger partial charge in [0.05, 0.1) is 6.61 Å². The number of piperazine rings is 1. The Kier molecular flexibility index (Phi) is 4.60. The molecule has 7 heteroatoms. The zero-order chi connectivity index (χ0) is 14.5. The van der Waals surface area contributed by atoms with Crippen LogP contribution in [0.25, 0.3) is 0 Å². The number of carbonyl (C=O) groups excluding carboxylic acids is 1. The Morgan fingerprint density at radius 2 is 2.05 bits per heavy atom. The number of amides is 1. The molecule has 1 aromatic rings. The fourth-order valence-electron chi connectivity index (χ4n) is 2.17. The van der Waals surface area contributed by atoms with Crippen LogP contribution in [0.5, 0.6) is 5.88 Å². The molecular formula is C13H21N5O2. The molecule has 1 saturated heterocycles. The Morgan fingerprint density at radius 3 is 2.65 bits per heavy atom. The summed E-state index contributed by atoms with van der Waals surface area (Å²) in [7, 11) is 0. The van der Waals surface area contributed by atoms with Gasteiger partial charge in [-0.25, -0.2) is 4.98 Å². The molecule has 2 heterocycles. The monoisotopic (exact) mass is 279 g/mol. The summed E-state index contributed by atoms with van der Waals surface area (Å²) >= 11 is 0. The van der Waals surface area contributed by atoms with Crippen molar-refractivity contribution in [1.29, 1.82) is 0 Å². The van der Waals surface area contributed by atoms with Gasteiger partial charge in [0.25, 0.3) is 0 Å². The van der Waals surface area contributed by atoms with Crippen molar-refractivity contribution in [2.45, 2.75) is 20.3 Å². The average molecular weight is 279 g/mol. The third kappa shape index (κ3) is 3.09. The van der Waals surface area contributed by atoms with Gasteiger partial charge in [0, 0.05) is 33.1 Å². The summed E-state index contributed by atoms with van der Waals surface area (Å²) in [6, 6.07) is 0. The van der Waals surface area contributed by atoms with Crippen LogP contribution >= 0.6 is 0 Å². The predicted octanol–water partition coefficient (Wildman–Crippen LogP) is 0.516. The number of nitrogens with zero attached hydrogens (tertiary/aromatic N) is 4. The smallest absolute Gasteiger partial charge is 0.242 e. The van der Waals surface area contributed by atoms with E-state index in [1.807, 2.05) is 11.8 Å². The summed E-state index contributed by atoms with van der Waals surface area (Å²) in [5.74, 6) is 1.23. The van der Waals surface area contributed by atoms with Crippen LogP contribution in [0, 0.1) is 0 Å². The average Bonchev–Trinajstić information content (AvgIpc) is 2.46. The molecule has 1 aromatic heterocycles. The number of ether oxygens (including phenoxy) is 1. The molecule has 0 spiro atoms. The Bertz CT molecular complexity index is 472. The van der Waals surface area contributed by atoms with Crippen molar-refractivity contribution < 1.29 is 9.53 Å². The van der Waals surface area contributed by atoms with Crippen LogP contribution in [0.15, 0.2) is 6.33 Å². The van der Waals surface area contributed by atoms with E-state index in [2.05, 4.69) is 14.9 Å². The molecule has 0 unspecified atom stereocenters. The number of carbonyl (C=O) groups is 1. The van der Waals surface area contributed by atoms with Crippen LogP contribution in [0.3, 0.4) is 0 Å². The molecule has 0 aromatic carbocycles. The normalized spacial score (nSPS) is 15.3. The zero-order valence-electron chi connectivity index (χ0n) is 12.0. The topological polar surface area (TPSA) is 84.6 Å². The van der Waals surface area contributed by atoms with E-state index in [1.165, 1.54) is 6.33 Å². The fourth-order valence-corrected chi connectivity index (χ4v) is 2.17. The number of anilines is 2. The van der Waals surface area contributed by atoms with Gasteiger partial charge in [-0.15, -0.1) is 0 Å². The maximum atomic E-state index is 11.3. The minimum absolute atomic E-state index is 0.104. The van der Waals surface area contributed by atoms with Crippen molar-refractivity contribution in [1.82, 2.24) is 14.9 Å². The van der Waals surface area contributed by atoms with Crippen LogP contribution in [0.2, 0.25) is 0 Å². The molecule has 1 aliphatic rings. The summed E-state index contributed by atoms with van der Waals surface area (Å²) < 4.78 is 5.51. The lowest BCUT2D eigenvalue weighted by Gasteiger charge is -2.35. The van der Waals surface area contributed by atoms with Crippen molar-refractivity contribution in [3.63, 3.8) is 0 Å². The van der Waals surface area contributed by atoms with Gasteiger partial charge in [-0.2, -0.15) is 4.98 Å². The quantitative estimate of drug-likeness (QED) is 0.864. The minimum atomic E-state index is 0.104. The lowest BCUT2D eigenvalue weighted by atomic mass is 10.3. The lowest BCUT2D eigenvalue weighted by molar-refractivity contribution is -0.129. The van der Waals surface area contributed by atoms with E-state index in [4.69, 9.17) is 10.5 Å². The maximum Gasteiger partial charge on any atom is 0.242 e. The standard InChI is InChI=1S/C13H21N5O2/c1-3-8-20-13-11(14)12(15-9-16-13)18-6-4-17(5-7-18)10(2)19/h9H,3-8,14H2,1-2H3. The van der Waals surface area contributed by atoms with E-state index < -0.39 is 0 Å². The molecule has 0 bridgehead atoms. The number of nitrogen functional groups attached to an aromatic ring is 1. The molecule has 20 heavy (non-hydrogen) atoms. The van der Waals surface area contributed by atoms with Crippen molar-refractivity contribution in [3.05, 3.63) is 6.33 Å². The summed E-state index contributed by atoms with van der Waals surface area (Å²) in [6.07, 6.45) is 2.37. The second-order valence-corrected chi connectivity index (χ2v) is 4.76. The molecule has 0 aliphatic carbocycles. The largest absolute Gasteiger partial charge is 0.476 e. The first-order chi connectivity index (χ1) is 9.63. The second kappa shape index (κ2) is 6.40. The highest BCUT2D eigenvalue weighted by Crippen LogP contribution is 2.28. The first-order valence-electron chi connectivity index (χ1n) is 6.87. The van der Waals surface area contributed by atoms with Crippen LogP contribution in [0.4, 0.5) is 11.5 Å². The number of aromatic nitrogens is 2. The third-order valence-electron chi connectivity index (χ3n) is 3.29. The number of hydrogen-bond acceptors (Lipinski definition) is 6. The second-order valence-electron chi connectivity index (χ2n) is 4.76. The van der Waals surface area contributed by atoms with E-state index in [9.17, 15) is 4.79 Å². The molecule has 0 radical (unpaired) electrons. The molecule has 2 rings (SSSR count). The van der Waals surface area contributed by atoms with E-state index in [1.54, 1.807) is 6.92 Å². The van der Waals surface area contributed by atoms with Crippen molar-refractivity contribution in [3.8, 4) is 5.88 Å². The van der Waals surface area contributed by atoms with Crippen LogP contribution in [-0.4, -0.2) is 53.6 Å². The van der Waals surface area contributed by atoms with Gasteiger partial charge in [-0.1, -0.05) is 6.92 Å². The van der Waals surface area contributed by atoms with Gasteiger partial charge in [-0.05, 0) is 6.42 Å².